The van der Waals surface area contributed by atoms with Crippen LogP contribution in [0.3, 0.4) is 0 Å². The van der Waals surface area contributed by atoms with Crippen LogP contribution in [-0.4, -0.2) is 9.97 Å². The summed E-state index contributed by atoms with van der Waals surface area (Å²) in [7, 11) is 0. The molecule has 49 heavy (non-hydrogen) atoms. The molecule has 8 aromatic carbocycles. The Balaban J connectivity index is 1.11. The van der Waals surface area contributed by atoms with Gasteiger partial charge in [0.1, 0.15) is 11.2 Å². The highest BCUT2D eigenvalue weighted by atomic mass is 16.3. The first-order valence-corrected chi connectivity index (χ1v) is 16.6. The summed E-state index contributed by atoms with van der Waals surface area (Å²) in [6, 6.07) is 59.6. The molecular formula is C46H28N2O. The first-order chi connectivity index (χ1) is 24.3. The van der Waals surface area contributed by atoms with E-state index in [4.69, 9.17) is 14.4 Å². The van der Waals surface area contributed by atoms with Gasteiger partial charge in [-0.05, 0) is 62.7 Å². The highest BCUT2D eigenvalue weighted by molar-refractivity contribution is 6.19. The second-order valence-corrected chi connectivity index (χ2v) is 12.5. The number of rotatable bonds is 4. The molecule has 0 aliphatic carbocycles. The molecule has 0 saturated heterocycles. The summed E-state index contributed by atoms with van der Waals surface area (Å²) in [6.07, 6.45) is 0. The topological polar surface area (TPSA) is 38.9 Å². The normalized spacial score (nSPS) is 11.7. The minimum absolute atomic E-state index is 0.702. The van der Waals surface area contributed by atoms with Crippen LogP contribution in [0.25, 0.3) is 99.3 Å². The van der Waals surface area contributed by atoms with E-state index in [0.29, 0.717) is 5.82 Å². The van der Waals surface area contributed by atoms with Gasteiger partial charge in [-0.1, -0.05) is 146 Å². The van der Waals surface area contributed by atoms with Crippen LogP contribution in [0.2, 0.25) is 0 Å². The summed E-state index contributed by atoms with van der Waals surface area (Å²) in [5.74, 6) is 0.702. The maximum atomic E-state index is 6.68. The fourth-order valence-electron chi connectivity index (χ4n) is 7.30. The third-order valence-corrected chi connectivity index (χ3v) is 9.69. The molecule has 0 atom stereocenters. The van der Waals surface area contributed by atoms with Crippen molar-refractivity contribution in [2.45, 2.75) is 0 Å². The molecule has 10 rings (SSSR count). The van der Waals surface area contributed by atoms with E-state index in [-0.39, 0.29) is 0 Å². The minimum atomic E-state index is 0.702. The molecule has 2 heterocycles. The van der Waals surface area contributed by atoms with Gasteiger partial charge in [0.25, 0.3) is 0 Å². The summed E-state index contributed by atoms with van der Waals surface area (Å²) < 4.78 is 6.68. The monoisotopic (exact) mass is 624 g/mol. The number of para-hydroxylation sites is 1. The van der Waals surface area contributed by atoms with Crippen molar-refractivity contribution in [3.63, 3.8) is 0 Å². The Hall–Kier alpha value is -6.58. The van der Waals surface area contributed by atoms with Gasteiger partial charge in [-0.25, -0.2) is 9.97 Å². The molecule has 0 aliphatic rings. The lowest BCUT2D eigenvalue weighted by atomic mass is 9.95. The summed E-state index contributed by atoms with van der Waals surface area (Å²) in [4.78, 5) is 10.3. The fourth-order valence-corrected chi connectivity index (χ4v) is 7.30. The van der Waals surface area contributed by atoms with E-state index < -0.39 is 0 Å². The number of hydrogen-bond donors (Lipinski definition) is 0. The van der Waals surface area contributed by atoms with Crippen molar-refractivity contribution in [2.75, 3.05) is 0 Å². The average Bonchev–Trinajstić information content (AvgIpc) is 3.55. The van der Waals surface area contributed by atoms with E-state index in [0.717, 1.165) is 71.6 Å². The Morgan fingerprint density at radius 3 is 1.90 bits per heavy atom. The molecule has 0 N–H and O–H groups in total. The Kier molecular flexibility index (Phi) is 6.18. The van der Waals surface area contributed by atoms with E-state index in [9.17, 15) is 0 Å². The van der Waals surface area contributed by atoms with Crippen LogP contribution in [0, 0.1) is 0 Å². The zero-order chi connectivity index (χ0) is 32.3. The van der Waals surface area contributed by atoms with Crippen molar-refractivity contribution in [1.29, 1.82) is 0 Å². The zero-order valence-electron chi connectivity index (χ0n) is 26.5. The molecule has 0 saturated carbocycles. The molecule has 0 spiro atoms. The number of nitrogens with zero attached hydrogens (tertiary/aromatic N) is 2. The van der Waals surface area contributed by atoms with E-state index >= 15 is 0 Å². The zero-order valence-corrected chi connectivity index (χ0v) is 26.5. The third kappa shape index (κ3) is 4.51. The molecular weight excluding hydrogens is 597 g/mol. The predicted molar refractivity (Wildman–Crippen MR) is 204 cm³/mol. The second kappa shape index (κ2) is 11.0. The van der Waals surface area contributed by atoms with Crippen LogP contribution >= 0.6 is 0 Å². The van der Waals surface area contributed by atoms with Gasteiger partial charge in [0.15, 0.2) is 5.82 Å². The summed E-state index contributed by atoms with van der Waals surface area (Å²) in [5.41, 5.74) is 10.4. The quantitative estimate of drug-likeness (QED) is 0.196. The molecule has 0 bridgehead atoms. The first-order valence-electron chi connectivity index (χ1n) is 16.6. The van der Waals surface area contributed by atoms with Crippen molar-refractivity contribution >= 4 is 54.4 Å². The molecule has 228 valence electrons. The fraction of sp³-hybridized carbons (Fsp3) is 0. The van der Waals surface area contributed by atoms with Crippen LogP contribution in [0.1, 0.15) is 0 Å². The number of hydrogen-bond acceptors (Lipinski definition) is 3. The molecule has 0 unspecified atom stereocenters. The lowest BCUT2D eigenvalue weighted by Crippen LogP contribution is -1.96. The van der Waals surface area contributed by atoms with Crippen molar-refractivity contribution in [1.82, 2.24) is 9.97 Å². The molecule has 2 aromatic heterocycles. The molecule has 3 nitrogen and oxygen atoms in total. The molecule has 0 radical (unpaired) electrons. The van der Waals surface area contributed by atoms with Crippen LogP contribution in [-0.2, 0) is 0 Å². The van der Waals surface area contributed by atoms with Crippen molar-refractivity contribution in [3.8, 4) is 44.9 Å². The van der Waals surface area contributed by atoms with Crippen LogP contribution in [0.4, 0.5) is 0 Å². The highest BCUT2D eigenvalue weighted by Gasteiger charge is 2.19. The average molecular weight is 625 g/mol. The molecule has 0 fully saturated rings. The summed E-state index contributed by atoms with van der Waals surface area (Å²) in [5, 5.41) is 7.78. The largest absolute Gasteiger partial charge is 0.455 e. The molecule has 3 heteroatoms. The van der Waals surface area contributed by atoms with Gasteiger partial charge < -0.3 is 4.42 Å². The third-order valence-electron chi connectivity index (χ3n) is 9.69. The maximum absolute atomic E-state index is 6.68. The lowest BCUT2D eigenvalue weighted by Gasteiger charge is -2.11. The highest BCUT2D eigenvalue weighted by Crippen LogP contribution is 2.41. The van der Waals surface area contributed by atoms with E-state index in [2.05, 4.69) is 152 Å². The van der Waals surface area contributed by atoms with Gasteiger partial charge >= 0.3 is 0 Å². The number of fused-ring (bicyclic) bond motifs is 7. The number of aromatic nitrogens is 2. The molecule has 10 aromatic rings. The van der Waals surface area contributed by atoms with Crippen molar-refractivity contribution < 1.29 is 4.42 Å². The van der Waals surface area contributed by atoms with Crippen molar-refractivity contribution in [2.24, 2.45) is 0 Å². The van der Waals surface area contributed by atoms with Crippen LogP contribution in [0.15, 0.2) is 174 Å². The summed E-state index contributed by atoms with van der Waals surface area (Å²) >= 11 is 0. The van der Waals surface area contributed by atoms with E-state index in [1.807, 2.05) is 18.2 Å². The SMILES string of the molecule is c1ccc(-c2nc(-c3cc4c5ccc(-c6ccc(-c7cccc8ccccc78)cc6)cc5oc4c4ccccc34)nc3ccccc23)cc1. The van der Waals surface area contributed by atoms with Crippen molar-refractivity contribution in [3.05, 3.63) is 170 Å². The van der Waals surface area contributed by atoms with Gasteiger partial charge in [0.2, 0.25) is 0 Å². The van der Waals surface area contributed by atoms with E-state index in [1.165, 1.54) is 21.9 Å². The van der Waals surface area contributed by atoms with Gasteiger partial charge in [0, 0.05) is 32.7 Å². The van der Waals surface area contributed by atoms with Crippen LogP contribution < -0.4 is 0 Å². The Morgan fingerprint density at radius 1 is 0.367 bits per heavy atom. The van der Waals surface area contributed by atoms with Gasteiger partial charge in [0.05, 0.1) is 11.2 Å². The van der Waals surface area contributed by atoms with Gasteiger partial charge in [-0.15, -0.1) is 0 Å². The Labute approximate surface area is 282 Å². The van der Waals surface area contributed by atoms with Gasteiger partial charge in [-0.2, -0.15) is 0 Å². The maximum Gasteiger partial charge on any atom is 0.161 e. The van der Waals surface area contributed by atoms with Gasteiger partial charge in [-0.3, -0.25) is 0 Å². The standard InChI is InChI=1S/C46H28N2O/c1-2-12-32(13-3-1)44-39-18-8-9-20-42(39)47-46(48-44)41-28-40-37-26-25-33(27-43(37)49-45(40)38-17-7-6-16-36(38)41)29-21-23-31(24-22-29)35-19-10-14-30-11-4-5-15-34(30)35/h1-28H. The minimum Gasteiger partial charge on any atom is -0.455 e. The molecule has 0 amide bonds. The predicted octanol–water partition coefficient (Wildman–Crippen LogP) is 12.5. The van der Waals surface area contributed by atoms with Crippen LogP contribution in [0.5, 0.6) is 0 Å². The molecule has 0 aliphatic heterocycles. The first kappa shape index (κ1) is 27.5. The lowest BCUT2D eigenvalue weighted by molar-refractivity contribution is 0.673. The second-order valence-electron chi connectivity index (χ2n) is 12.5. The Bertz CT molecular complexity index is 2860. The number of benzene rings is 8. The Morgan fingerprint density at radius 2 is 1.04 bits per heavy atom. The summed E-state index contributed by atoms with van der Waals surface area (Å²) in [6.45, 7) is 0. The van der Waals surface area contributed by atoms with E-state index in [1.54, 1.807) is 0 Å². The smallest absolute Gasteiger partial charge is 0.161 e. The number of furan rings is 1.